The van der Waals surface area contributed by atoms with Crippen molar-refractivity contribution in [2.24, 2.45) is 5.10 Å². The lowest BCUT2D eigenvalue weighted by Crippen LogP contribution is -2.35. The van der Waals surface area contributed by atoms with E-state index in [1.54, 1.807) is 31.2 Å². The molecule has 0 fully saturated rings. The monoisotopic (exact) mass is 367 g/mol. The first-order valence-electron chi connectivity index (χ1n) is 6.55. The van der Waals surface area contributed by atoms with Crippen LogP contribution in [0.2, 0.25) is 0 Å². The highest BCUT2D eigenvalue weighted by molar-refractivity contribution is 9.10. The summed E-state index contributed by atoms with van der Waals surface area (Å²) in [6.07, 6.45) is 0. The van der Waals surface area contributed by atoms with Gasteiger partial charge in [-0.05, 0) is 31.2 Å². The number of ether oxygens (including phenoxy) is 1. The Labute approximate surface area is 135 Å². The van der Waals surface area contributed by atoms with Crippen molar-refractivity contribution in [3.63, 3.8) is 0 Å². The largest absolute Gasteiger partial charge is 0.462 e. The molecule has 0 saturated carbocycles. The van der Waals surface area contributed by atoms with Crippen LogP contribution in [0.1, 0.15) is 24.2 Å². The van der Waals surface area contributed by atoms with Crippen LogP contribution in [-0.4, -0.2) is 35.1 Å². The van der Waals surface area contributed by atoms with Gasteiger partial charge in [0.05, 0.1) is 17.9 Å². The number of halogens is 1. The van der Waals surface area contributed by atoms with Crippen molar-refractivity contribution in [3.8, 4) is 0 Å². The second-order valence-corrected chi connectivity index (χ2v) is 5.36. The third-order valence-corrected chi connectivity index (χ3v) is 3.63. The SMILES string of the molecule is CCOC(=O)c1ccc(N2N=C(NC(C)=O)[C@H](Br)C2=O)cc1. The van der Waals surface area contributed by atoms with E-state index in [9.17, 15) is 14.4 Å². The number of amides is 2. The third-order valence-electron chi connectivity index (χ3n) is 2.80. The molecule has 0 radical (unpaired) electrons. The smallest absolute Gasteiger partial charge is 0.338 e. The molecule has 2 amide bonds. The Balaban J connectivity index is 2.21. The maximum atomic E-state index is 12.1. The summed E-state index contributed by atoms with van der Waals surface area (Å²) in [6, 6.07) is 6.28. The van der Waals surface area contributed by atoms with Crippen molar-refractivity contribution >= 4 is 45.2 Å². The van der Waals surface area contributed by atoms with E-state index in [1.165, 1.54) is 11.9 Å². The molecule has 0 aromatic heterocycles. The van der Waals surface area contributed by atoms with Crippen LogP contribution in [0.5, 0.6) is 0 Å². The number of hydrazone groups is 1. The molecule has 0 spiro atoms. The van der Waals surface area contributed by atoms with E-state index in [1.807, 2.05) is 0 Å². The van der Waals surface area contributed by atoms with Gasteiger partial charge in [0.1, 0.15) is 0 Å². The van der Waals surface area contributed by atoms with Crippen LogP contribution in [0, 0.1) is 0 Å². The van der Waals surface area contributed by atoms with Gasteiger partial charge in [-0.15, -0.1) is 5.10 Å². The number of hydrogen-bond acceptors (Lipinski definition) is 5. The van der Waals surface area contributed by atoms with Crippen molar-refractivity contribution in [3.05, 3.63) is 29.8 Å². The topological polar surface area (TPSA) is 88.1 Å². The van der Waals surface area contributed by atoms with E-state index in [0.717, 1.165) is 0 Å². The van der Waals surface area contributed by atoms with Crippen LogP contribution >= 0.6 is 15.9 Å². The normalized spacial score (nSPS) is 17.2. The highest BCUT2D eigenvalue weighted by atomic mass is 79.9. The fourth-order valence-electron chi connectivity index (χ4n) is 1.84. The maximum Gasteiger partial charge on any atom is 0.338 e. The van der Waals surface area contributed by atoms with Gasteiger partial charge in [0.15, 0.2) is 10.7 Å². The Hall–Kier alpha value is -2.22. The Kier molecular flexibility index (Phi) is 4.92. The summed E-state index contributed by atoms with van der Waals surface area (Å²) in [7, 11) is 0. The van der Waals surface area contributed by atoms with E-state index in [2.05, 4.69) is 26.3 Å². The Bertz CT molecular complexity index is 642. The molecule has 116 valence electrons. The number of amidine groups is 1. The average molecular weight is 368 g/mol. The number of carbonyl (C=O) groups excluding carboxylic acids is 3. The molecule has 7 nitrogen and oxygen atoms in total. The third kappa shape index (κ3) is 3.33. The zero-order chi connectivity index (χ0) is 16.3. The van der Waals surface area contributed by atoms with E-state index in [0.29, 0.717) is 17.9 Å². The number of anilines is 1. The molecule has 2 rings (SSSR count). The minimum atomic E-state index is -0.707. The highest BCUT2D eigenvalue weighted by Gasteiger charge is 2.35. The fraction of sp³-hybridized carbons (Fsp3) is 0.286. The van der Waals surface area contributed by atoms with Gasteiger partial charge >= 0.3 is 5.97 Å². The van der Waals surface area contributed by atoms with Gasteiger partial charge in [-0.1, -0.05) is 15.9 Å². The lowest BCUT2D eigenvalue weighted by atomic mass is 10.2. The molecule has 8 heteroatoms. The lowest BCUT2D eigenvalue weighted by molar-refractivity contribution is -0.117. The van der Waals surface area contributed by atoms with Gasteiger partial charge in [-0.25, -0.2) is 4.79 Å². The molecule has 1 aromatic carbocycles. The number of rotatable bonds is 3. The maximum absolute atomic E-state index is 12.1. The first-order chi connectivity index (χ1) is 10.4. The molecule has 0 saturated heterocycles. The number of nitrogens with one attached hydrogen (secondary N) is 1. The van der Waals surface area contributed by atoms with Gasteiger partial charge in [0.2, 0.25) is 5.91 Å². The molecule has 1 heterocycles. The van der Waals surface area contributed by atoms with Crippen molar-refractivity contribution in [1.82, 2.24) is 5.32 Å². The summed E-state index contributed by atoms with van der Waals surface area (Å²) < 4.78 is 4.89. The predicted molar refractivity (Wildman–Crippen MR) is 83.9 cm³/mol. The number of hydrogen-bond donors (Lipinski definition) is 1. The minimum Gasteiger partial charge on any atom is -0.462 e. The molecule has 1 aromatic rings. The van der Waals surface area contributed by atoms with Crippen LogP contribution in [0.4, 0.5) is 5.69 Å². The van der Waals surface area contributed by atoms with Gasteiger partial charge in [-0.3, -0.25) is 9.59 Å². The van der Waals surface area contributed by atoms with E-state index in [4.69, 9.17) is 4.74 Å². The molecule has 1 aliphatic rings. The second-order valence-electron chi connectivity index (χ2n) is 4.45. The number of nitrogens with zero attached hydrogens (tertiary/aromatic N) is 2. The summed E-state index contributed by atoms with van der Waals surface area (Å²) >= 11 is 3.18. The lowest BCUT2D eigenvalue weighted by Gasteiger charge is -2.12. The molecular weight excluding hydrogens is 354 g/mol. The minimum absolute atomic E-state index is 0.229. The molecule has 22 heavy (non-hydrogen) atoms. The Morgan fingerprint density at radius 1 is 1.36 bits per heavy atom. The number of alkyl halides is 1. The Morgan fingerprint density at radius 2 is 2.00 bits per heavy atom. The summed E-state index contributed by atoms with van der Waals surface area (Å²) in [5, 5.41) is 7.74. The van der Waals surface area contributed by atoms with Crippen molar-refractivity contribution in [1.29, 1.82) is 0 Å². The van der Waals surface area contributed by atoms with Gasteiger partial charge in [0, 0.05) is 6.92 Å². The zero-order valence-corrected chi connectivity index (χ0v) is 13.6. The van der Waals surface area contributed by atoms with Crippen molar-refractivity contribution in [2.45, 2.75) is 18.7 Å². The van der Waals surface area contributed by atoms with Crippen LogP contribution in [0.15, 0.2) is 29.4 Å². The van der Waals surface area contributed by atoms with Crippen LogP contribution < -0.4 is 10.3 Å². The average Bonchev–Trinajstić information content (AvgIpc) is 2.75. The van der Waals surface area contributed by atoms with Crippen LogP contribution in [0.25, 0.3) is 0 Å². The number of benzene rings is 1. The molecule has 0 bridgehead atoms. The van der Waals surface area contributed by atoms with Crippen LogP contribution in [0.3, 0.4) is 0 Å². The number of carbonyl (C=O) groups is 3. The highest BCUT2D eigenvalue weighted by Crippen LogP contribution is 2.24. The molecule has 0 unspecified atom stereocenters. The molecule has 1 atom stereocenters. The quantitative estimate of drug-likeness (QED) is 0.646. The summed E-state index contributed by atoms with van der Waals surface area (Å²) in [4.78, 5) is 34.1. The first-order valence-corrected chi connectivity index (χ1v) is 7.47. The summed E-state index contributed by atoms with van der Waals surface area (Å²) in [5.41, 5.74) is 0.876. The van der Waals surface area contributed by atoms with E-state index < -0.39 is 10.8 Å². The van der Waals surface area contributed by atoms with Crippen molar-refractivity contribution < 1.29 is 19.1 Å². The zero-order valence-electron chi connectivity index (χ0n) is 12.0. The molecule has 1 N–H and O–H groups in total. The van der Waals surface area contributed by atoms with Gasteiger partial charge in [0.25, 0.3) is 5.91 Å². The summed E-state index contributed by atoms with van der Waals surface area (Å²) in [5.74, 6) is -0.835. The molecular formula is C14H14BrN3O4. The first kappa shape index (κ1) is 16.2. The number of esters is 1. The molecule has 1 aliphatic heterocycles. The van der Waals surface area contributed by atoms with Gasteiger partial charge in [-0.2, -0.15) is 5.01 Å². The van der Waals surface area contributed by atoms with E-state index >= 15 is 0 Å². The fourth-order valence-corrected chi connectivity index (χ4v) is 2.24. The van der Waals surface area contributed by atoms with Crippen molar-refractivity contribution in [2.75, 3.05) is 11.6 Å². The van der Waals surface area contributed by atoms with E-state index in [-0.39, 0.29) is 17.6 Å². The summed E-state index contributed by atoms with van der Waals surface area (Å²) in [6.45, 7) is 3.36. The predicted octanol–water partition coefficient (Wildman–Crippen LogP) is 1.42. The second kappa shape index (κ2) is 6.69. The standard InChI is InChI=1S/C14H14BrN3O4/c1-3-22-14(21)9-4-6-10(7-5-9)18-13(20)11(15)12(17-18)16-8(2)19/h4-7,11H,3H2,1-2H3,(H,16,17,19)/t11-/m0/s1. The molecule has 0 aliphatic carbocycles. The Morgan fingerprint density at radius 3 is 2.55 bits per heavy atom. The van der Waals surface area contributed by atoms with Gasteiger partial charge < -0.3 is 10.1 Å². The van der Waals surface area contributed by atoms with Crippen LogP contribution in [-0.2, 0) is 14.3 Å².